The molecule has 0 saturated carbocycles. The zero-order valence-electron chi connectivity index (χ0n) is 9.82. The van der Waals surface area contributed by atoms with Crippen molar-refractivity contribution in [2.45, 2.75) is 19.4 Å². The Morgan fingerprint density at radius 1 is 1.24 bits per heavy atom. The van der Waals surface area contributed by atoms with Crippen LogP contribution in [0.5, 0.6) is 0 Å². The van der Waals surface area contributed by atoms with E-state index in [0.29, 0.717) is 0 Å². The van der Waals surface area contributed by atoms with E-state index in [-0.39, 0.29) is 6.04 Å². The van der Waals surface area contributed by atoms with E-state index >= 15 is 0 Å². The third kappa shape index (κ3) is 3.20. The highest BCUT2D eigenvalue weighted by Gasteiger charge is 2.14. The van der Waals surface area contributed by atoms with Gasteiger partial charge in [-0.3, -0.25) is 0 Å². The van der Waals surface area contributed by atoms with Crippen LogP contribution in [0.1, 0.15) is 24.3 Å². The van der Waals surface area contributed by atoms with Gasteiger partial charge in [-0.1, -0.05) is 41.1 Å². The van der Waals surface area contributed by atoms with Gasteiger partial charge in [-0.25, -0.2) is 0 Å². The van der Waals surface area contributed by atoms with Crippen LogP contribution in [0.4, 0.5) is 0 Å². The van der Waals surface area contributed by atoms with Gasteiger partial charge in [-0.2, -0.15) is 0 Å². The number of rotatable bonds is 5. The Morgan fingerprint density at radius 2 is 2.06 bits per heavy atom. The maximum atomic E-state index is 5.48. The van der Waals surface area contributed by atoms with Gasteiger partial charge in [0.2, 0.25) is 0 Å². The Labute approximate surface area is 110 Å². The summed E-state index contributed by atoms with van der Waals surface area (Å²) in [6.07, 6.45) is 2.64. The minimum Gasteiger partial charge on any atom is -0.468 e. The average Bonchev–Trinajstić information content (AvgIpc) is 2.85. The van der Waals surface area contributed by atoms with Gasteiger partial charge >= 0.3 is 0 Å². The van der Waals surface area contributed by atoms with Crippen LogP contribution in [0.2, 0.25) is 0 Å². The number of nitrogens with one attached hydrogen (secondary N) is 1. The number of hydrogen-bond donors (Lipinski definition) is 1. The van der Waals surface area contributed by atoms with Crippen LogP contribution in [-0.4, -0.2) is 6.54 Å². The Morgan fingerprint density at radius 3 is 2.71 bits per heavy atom. The standard InChI is InChI=1S/C14H16BrNO/c1-2-16-13(14-8-5-9-17-14)10-11-6-3-4-7-12(11)15/h3-9,13,16H,2,10H2,1H3. The number of hydrogen-bond acceptors (Lipinski definition) is 2. The highest BCUT2D eigenvalue weighted by atomic mass is 79.9. The molecule has 2 aromatic rings. The van der Waals surface area contributed by atoms with Crippen LogP contribution in [0.3, 0.4) is 0 Å². The Bertz CT molecular complexity index is 453. The van der Waals surface area contributed by atoms with Gasteiger partial charge in [0.05, 0.1) is 12.3 Å². The summed E-state index contributed by atoms with van der Waals surface area (Å²) >= 11 is 3.58. The predicted octanol–water partition coefficient (Wildman–Crippen LogP) is 3.94. The van der Waals surface area contributed by atoms with Crippen LogP contribution in [0.15, 0.2) is 51.6 Å². The second-order valence-corrected chi connectivity index (χ2v) is 4.78. The van der Waals surface area contributed by atoms with Crippen molar-refractivity contribution in [1.82, 2.24) is 5.32 Å². The number of furan rings is 1. The molecule has 1 N–H and O–H groups in total. The quantitative estimate of drug-likeness (QED) is 0.903. The molecule has 0 radical (unpaired) electrons. The molecular weight excluding hydrogens is 278 g/mol. The second-order valence-electron chi connectivity index (χ2n) is 3.92. The van der Waals surface area contributed by atoms with Gasteiger partial charge in [0, 0.05) is 4.47 Å². The first kappa shape index (κ1) is 12.4. The lowest BCUT2D eigenvalue weighted by atomic mass is 10.0. The fourth-order valence-electron chi connectivity index (χ4n) is 1.89. The minimum absolute atomic E-state index is 0.230. The van der Waals surface area contributed by atoms with E-state index in [2.05, 4.69) is 46.4 Å². The highest BCUT2D eigenvalue weighted by Crippen LogP contribution is 2.23. The molecule has 0 amide bonds. The summed E-state index contributed by atoms with van der Waals surface area (Å²) in [7, 11) is 0. The summed E-state index contributed by atoms with van der Waals surface area (Å²) in [4.78, 5) is 0. The molecule has 0 spiro atoms. The van der Waals surface area contributed by atoms with Gasteiger partial charge in [0.25, 0.3) is 0 Å². The zero-order valence-corrected chi connectivity index (χ0v) is 11.4. The zero-order chi connectivity index (χ0) is 12.1. The molecule has 0 saturated heterocycles. The molecule has 2 rings (SSSR count). The lowest BCUT2D eigenvalue weighted by Crippen LogP contribution is -2.22. The summed E-state index contributed by atoms with van der Waals surface area (Å²) < 4.78 is 6.63. The van der Waals surface area contributed by atoms with Crippen LogP contribution in [0, 0.1) is 0 Å². The van der Waals surface area contributed by atoms with Crippen molar-refractivity contribution in [3.63, 3.8) is 0 Å². The first-order valence-electron chi connectivity index (χ1n) is 5.81. The molecular formula is C14H16BrNO. The van der Waals surface area contributed by atoms with E-state index < -0.39 is 0 Å². The van der Waals surface area contributed by atoms with E-state index in [1.54, 1.807) is 6.26 Å². The van der Waals surface area contributed by atoms with Crippen LogP contribution in [-0.2, 0) is 6.42 Å². The largest absolute Gasteiger partial charge is 0.468 e. The molecule has 1 heterocycles. The third-order valence-corrected chi connectivity index (χ3v) is 3.49. The minimum atomic E-state index is 0.230. The second kappa shape index (κ2) is 6.03. The summed E-state index contributed by atoms with van der Waals surface area (Å²) in [5, 5.41) is 3.45. The third-order valence-electron chi connectivity index (χ3n) is 2.72. The molecule has 0 bridgehead atoms. The van der Waals surface area contributed by atoms with Crippen LogP contribution >= 0.6 is 15.9 Å². The van der Waals surface area contributed by atoms with E-state index in [4.69, 9.17) is 4.42 Å². The molecule has 1 aromatic carbocycles. The Hall–Kier alpha value is -1.06. The first-order chi connectivity index (χ1) is 8.31. The van der Waals surface area contributed by atoms with Gasteiger partial charge < -0.3 is 9.73 Å². The van der Waals surface area contributed by atoms with Crippen molar-refractivity contribution in [3.05, 3.63) is 58.5 Å². The number of halogens is 1. The lowest BCUT2D eigenvalue weighted by Gasteiger charge is -2.16. The fourth-order valence-corrected chi connectivity index (χ4v) is 2.34. The summed E-state index contributed by atoms with van der Waals surface area (Å²) in [5.41, 5.74) is 1.29. The predicted molar refractivity (Wildman–Crippen MR) is 73.0 cm³/mol. The van der Waals surface area contributed by atoms with E-state index in [1.165, 1.54) is 5.56 Å². The molecule has 2 nitrogen and oxygen atoms in total. The van der Waals surface area contributed by atoms with Crippen molar-refractivity contribution in [3.8, 4) is 0 Å². The Kier molecular flexibility index (Phi) is 4.40. The van der Waals surface area contributed by atoms with Crippen molar-refractivity contribution in [2.24, 2.45) is 0 Å². The van der Waals surface area contributed by atoms with Gasteiger partial charge in [-0.05, 0) is 36.7 Å². The molecule has 1 atom stereocenters. The molecule has 0 aliphatic heterocycles. The SMILES string of the molecule is CCNC(Cc1ccccc1Br)c1ccco1. The van der Waals surface area contributed by atoms with Crippen LogP contribution < -0.4 is 5.32 Å². The molecule has 90 valence electrons. The van der Waals surface area contributed by atoms with E-state index in [0.717, 1.165) is 23.2 Å². The molecule has 0 aliphatic carbocycles. The van der Waals surface area contributed by atoms with Crippen molar-refractivity contribution in [2.75, 3.05) is 6.54 Å². The molecule has 0 aliphatic rings. The maximum Gasteiger partial charge on any atom is 0.121 e. The fraction of sp³-hybridized carbons (Fsp3) is 0.286. The van der Waals surface area contributed by atoms with E-state index in [9.17, 15) is 0 Å². The van der Waals surface area contributed by atoms with Gasteiger partial charge in [0.1, 0.15) is 5.76 Å². The van der Waals surface area contributed by atoms with Crippen molar-refractivity contribution < 1.29 is 4.42 Å². The Balaban J connectivity index is 2.16. The molecule has 17 heavy (non-hydrogen) atoms. The van der Waals surface area contributed by atoms with E-state index in [1.807, 2.05) is 18.2 Å². The van der Waals surface area contributed by atoms with Gasteiger partial charge in [0.15, 0.2) is 0 Å². The summed E-state index contributed by atoms with van der Waals surface area (Å²) in [6.45, 7) is 3.03. The average molecular weight is 294 g/mol. The van der Waals surface area contributed by atoms with Gasteiger partial charge in [-0.15, -0.1) is 0 Å². The normalized spacial score (nSPS) is 12.6. The molecule has 3 heteroatoms. The summed E-state index contributed by atoms with van der Waals surface area (Å²) in [5.74, 6) is 0.989. The van der Waals surface area contributed by atoms with Crippen molar-refractivity contribution in [1.29, 1.82) is 0 Å². The maximum absolute atomic E-state index is 5.48. The smallest absolute Gasteiger partial charge is 0.121 e. The highest BCUT2D eigenvalue weighted by molar-refractivity contribution is 9.10. The number of likely N-dealkylation sites (N-methyl/N-ethyl adjacent to an activating group) is 1. The molecule has 1 aromatic heterocycles. The monoisotopic (exact) mass is 293 g/mol. The molecule has 0 fully saturated rings. The topological polar surface area (TPSA) is 25.2 Å². The van der Waals surface area contributed by atoms with Crippen LogP contribution in [0.25, 0.3) is 0 Å². The first-order valence-corrected chi connectivity index (χ1v) is 6.60. The lowest BCUT2D eigenvalue weighted by molar-refractivity contribution is 0.416. The summed E-state index contributed by atoms with van der Waals surface area (Å²) in [6, 6.07) is 12.5. The van der Waals surface area contributed by atoms with Crippen molar-refractivity contribution >= 4 is 15.9 Å². The molecule has 1 unspecified atom stereocenters. The number of benzene rings is 1.